The number of methoxy groups -OCH3 is 1. The van der Waals surface area contributed by atoms with Gasteiger partial charge in [-0.25, -0.2) is 0 Å². The highest BCUT2D eigenvalue weighted by Crippen LogP contribution is 2.32. The van der Waals surface area contributed by atoms with Crippen LogP contribution in [0.5, 0.6) is 5.75 Å². The number of piperazine rings is 1. The molecule has 5 nitrogen and oxygen atoms in total. The molecule has 1 atom stereocenters. The lowest BCUT2D eigenvalue weighted by atomic mass is 10.1. The van der Waals surface area contributed by atoms with Crippen molar-refractivity contribution in [2.45, 2.75) is 19.9 Å². The largest absolute Gasteiger partial charge is 0.495 e. The molecule has 3 rings (SSSR count). The molecule has 7 heteroatoms. The van der Waals surface area contributed by atoms with E-state index in [9.17, 15) is 9.59 Å². The van der Waals surface area contributed by atoms with Gasteiger partial charge >= 0.3 is 0 Å². The second-order valence-electron chi connectivity index (χ2n) is 6.47. The van der Waals surface area contributed by atoms with E-state index in [1.165, 1.54) is 6.07 Å². The molecule has 0 aliphatic carbocycles. The van der Waals surface area contributed by atoms with Gasteiger partial charge in [0.25, 0.3) is 5.91 Å². The van der Waals surface area contributed by atoms with Crippen molar-refractivity contribution in [3.05, 3.63) is 57.6 Å². The first kappa shape index (κ1) is 19.5. The van der Waals surface area contributed by atoms with Gasteiger partial charge in [0, 0.05) is 18.7 Å². The highest BCUT2D eigenvalue weighted by atomic mass is 35.5. The summed E-state index contributed by atoms with van der Waals surface area (Å²) in [5, 5.41) is 0.693. The third-order valence-electron chi connectivity index (χ3n) is 4.71. The fourth-order valence-electron chi connectivity index (χ4n) is 3.19. The van der Waals surface area contributed by atoms with E-state index < -0.39 is 6.04 Å². The fourth-order valence-corrected chi connectivity index (χ4v) is 3.49. The second-order valence-corrected chi connectivity index (χ2v) is 7.28. The molecule has 2 amide bonds. The van der Waals surface area contributed by atoms with Gasteiger partial charge in [-0.05, 0) is 49.7 Å². The summed E-state index contributed by atoms with van der Waals surface area (Å²) in [6.45, 7) is 4.48. The summed E-state index contributed by atoms with van der Waals surface area (Å²) in [5.74, 6) is 0.231. The average molecular weight is 407 g/mol. The maximum absolute atomic E-state index is 13.0. The van der Waals surface area contributed by atoms with Gasteiger partial charge < -0.3 is 14.5 Å². The molecule has 2 aromatic rings. The summed E-state index contributed by atoms with van der Waals surface area (Å²) in [4.78, 5) is 29.1. The number of anilines is 1. The second kappa shape index (κ2) is 7.79. The molecule has 0 spiro atoms. The van der Waals surface area contributed by atoms with Crippen molar-refractivity contribution in [1.29, 1.82) is 0 Å². The van der Waals surface area contributed by atoms with Gasteiger partial charge in [-0.3, -0.25) is 9.59 Å². The number of rotatable bonds is 3. The van der Waals surface area contributed by atoms with Crippen molar-refractivity contribution in [2.24, 2.45) is 0 Å². The molecule has 0 saturated carbocycles. The lowest BCUT2D eigenvalue weighted by molar-refractivity contribution is -0.124. The number of amides is 2. The summed E-state index contributed by atoms with van der Waals surface area (Å²) < 4.78 is 5.40. The van der Waals surface area contributed by atoms with Crippen LogP contribution in [-0.2, 0) is 4.79 Å². The molecule has 1 fully saturated rings. The number of ether oxygens (including phenoxy) is 1. The SMILES string of the molecule is COc1ccc(C)cc1N1CCN(C(=O)c2ccc(Cl)c(Cl)c2)C(C)C1=O. The molecule has 2 aromatic carbocycles. The van der Waals surface area contributed by atoms with Crippen LogP contribution in [0.1, 0.15) is 22.8 Å². The van der Waals surface area contributed by atoms with Gasteiger partial charge in [-0.2, -0.15) is 0 Å². The monoisotopic (exact) mass is 406 g/mol. The quantitative estimate of drug-likeness (QED) is 0.767. The van der Waals surface area contributed by atoms with Gasteiger partial charge in [0.15, 0.2) is 0 Å². The van der Waals surface area contributed by atoms with Gasteiger partial charge in [0.05, 0.1) is 22.8 Å². The van der Waals surface area contributed by atoms with Crippen LogP contribution in [-0.4, -0.2) is 43.0 Å². The van der Waals surface area contributed by atoms with Crippen LogP contribution in [0.2, 0.25) is 10.0 Å². The lowest BCUT2D eigenvalue weighted by Gasteiger charge is -2.39. The standard InChI is InChI=1S/C20H20Cl2N2O3/c1-12-4-7-18(27-3)17(10-12)24-9-8-23(13(2)19(24)25)20(26)14-5-6-15(21)16(22)11-14/h4-7,10-11,13H,8-9H2,1-3H3. The molecule has 27 heavy (non-hydrogen) atoms. The number of carbonyl (C=O) groups excluding carboxylic acids is 2. The van der Waals surface area contributed by atoms with Crippen molar-refractivity contribution in [1.82, 2.24) is 4.90 Å². The van der Waals surface area contributed by atoms with Crippen LogP contribution >= 0.6 is 23.2 Å². The minimum atomic E-state index is -0.606. The maximum Gasteiger partial charge on any atom is 0.254 e. The first-order valence-corrected chi connectivity index (χ1v) is 9.31. The number of aryl methyl sites for hydroxylation is 1. The molecule has 0 N–H and O–H groups in total. The van der Waals surface area contributed by atoms with Gasteiger partial charge in [0.1, 0.15) is 11.8 Å². The predicted octanol–water partition coefficient (Wildman–Crippen LogP) is 4.19. The normalized spacial score (nSPS) is 17.2. The third-order valence-corrected chi connectivity index (χ3v) is 5.45. The Morgan fingerprint density at radius 2 is 1.85 bits per heavy atom. The van der Waals surface area contributed by atoms with Gasteiger partial charge in [-0.15, -0.1) is 0 Å². The van der Waals surface area contributed by atoms with Crippen LogP contribution in [0.25, 0.3) is 0 Å². The lowest BCUT2D eigenvalue weighted by Crippen LogP contribution is -2.57. The summed E-state index contributed by atoms with van der Waals surface area (Å²) in [6, 6.07) is 9.81. The number of carbonyl (C=O) groups is 2. The van der Waals surface area contributed by atoms with E-state index in [-0.39, 0.29) is 11.8 Å². The molecule has 1 unspecified atom stereocenters. The number of hydrogen-bond acceptors (Lipinski definition) is 3. The van der Waals surface area contributed by atoms with Crippen LogP contribution in [0, 0.1) is 6.92 Å². The number of halogens is 2. The van der Waals surface area contributed by atoms with Crippen molar-refractivity contribution < 1.29 is 14.3 Å². The zero-order valence-corrected chi connectivity index (χ0v) is 16.8. The zero-order chi connectivity index (χ0) is 19.7. The van der Waals surface area contributed by atoms with Gasteiger partial charge in [-0.1, -0.05) is 29.3 Å². The first-order chi connectivity index (χ1) is 12.8. The minimum Gasteiger partial charge on any atom is -0.495 e. The number of nitrogens with zero attached hydrogens (tertiary/aromatic N) is 2. The zero-order valence-electron chi connectivity index (χ0n) is 15.3. The van der Waals surface area contributed by atoms with E-state index in [0.29, 0.717) is 34.4 Å². The van der Waals surface area contributed by atoms with Crippen LogP contribution < -0.4 is 9.64 Å². The van der Waals surface area contributed by atoms with Crippen molar-refractivity contribution >= 4 is 40.7 Å². The van der Waals surface area contributed by atoms with E-state index >= 15 is 0 Å². The molecule has 1 aliphatic heterocycles. The maximum atomic E-state index is 13.0. The Kier molecular flexibility index (Phi) is 5.63. The van der Waals surface area contributed by atoms with Crippen LogP contribution in [0.3, 0.4) is 0 Å². The van der Waals surface area contributed by atoms with Crippen molar-refractivity contribution in [3.63, 3.8) is 0 Å². The van der Waals surface area contributed by atoms with E-state index in [2.05, 4.69) is 0 Å². The smallest absolute Gasteiger partial charge is 0.254 e. The summed E-state index contributed by atoms with van der Waals surface area (Å²) in [7, 11) is 1.58. The highest BCUT2D eigenvalue weighted by Gasteiger charge is 2.36. The van der Waals surface area contributed by atoms with E-state index in [1.54, 1.807) is 36.0 Å². The first-order valence-electron chi connectivity index (χ1n) is 8.55. The summed E-state index contributed by atoms with van der Waals surface area (Å²) >= 11 is 11.9. The molecule has 0 radical (unpaired) electrons. The average Bonchev–Trinajstić information content (AvgIpc) is 2.65. The van der Waals surface area contributed by atoms with Crippen LogP contribution in [0.4, 0.5) is 5.69 Å². The topological polar surface area (TPSA) is 49.9 Å². The van der Waals surface area contributed by atoms with E-state index in [4.69, 9.17) is 27.9 Å². The summed E-state index contributed by atoms with van der Waals surface area (Å²) in [5.41, 5.74) is 2.15. The number of hydrogen-bond donors (Lipinski definition) is 0. The Bertz CT molecular complexity index is 901. The van der Waals surface area contributed by atoms with Crippen LogP contribution in [0.15, 0.2) is 36.4 Å². The highest BCUT2D eigenvalue weighted by molar-refractivity contribution is 6.42. The fraction of sp³-hybridized carbons (Fsp3) is 0.300. The molecule has 0 aromatic heterocycles. The third kappa shape index (κ3) is 3.75. The number of benzene rings is 2. The van der Waals surface area contributed by atoms with Crippen molar-refractivity contribution in [3.8, 4) is 5.75 Å². The Hall–Kier alpha value is -2.24. The molecular formula is C20H20Cl2N2O3. The molecule has 0 bridgehead atoms. The minimum absolute atomic E-state index is 0.154. The molecule has 142 valence electrons. The Labute approximate surface area is 168 Å². The molecule has 1 saturated heterocycles. The van der Waals surface area contributed by atoms with Gasteiger partial charge in [0.2, 0.25) is 5.91 Å². The van der Waals surface area contributed by atoms with E-state index in [1.807, 2.05) is 25.1 Å². The molecule has 1 aliphatic rings. The Morgan fingerprint density at radius 3 is 2.52 bits per heavy atom. The molecule has 1 heterocycles. The predicted molar refractivity (Wildman–Crippen MR) is 107 cm³/mol. The summed E-state index contributed by atoms with van der Waals surface area (Å²) in [6.07, 6.45) is 0. The Balaban J connectivity index is 1.85. The van der Waals surface area contributed by atoms with Crippen molar-refractivity contribution in [2.75, 3.05) is 25.1 Å². The Morgan fingerprint density at radius 1 is 1.11 bits per heavy atom. The van der Waals surface area contributed by atoms with E-state index in [0.717, 1.165) is 11.3 Å². The molecular weight excluding hydrogens is 387 g/mol.